The number of ether oxygens (including phenoxy) is 1. The summed E-state index contributed by atoms with van der Waals surface area (Å²) in [5, 5.41) is 19.6. The van der Waals surface area contributed by atoms with E-state index in [0.717, 1.165) is 16.5 Å². The molecule has 3 rings (SSSR count). The van der Waals surface area contributed by atoms with Crippen LogP contribution in [0.3, 0.4) is 0 Å². The quantitative estimate of drug-likeness (QED) is 0.584. The number of H-pyrrole nitrogens is 1. The third-order valence-corrected chi connectivity index (χ3v) is 3.64. The van der Waals surface area contributed by atoms with Crippen LogP contribution in [-0.2, 0) is 0 Å². The van der Waals surface area contributed by atoms with Crippen molar-refractivity contribution in [3.05, 3.63) is 65.4 Å². The standard InChI is InChI=1S/C19H13N3O/c1-23-19-5-2-13(11-20)8-16(19)10-17(12-21)14-3-4-18-15(9-14)6-7-22-18/h2-10,22H,1H3/b17-10+. The molecule has 1 aromatic heterocycles. The Morgan fingerprint density at radius 2 is 2.00 bits per heavy atom. The molecule has 0 aliphatic rings. The van der Waals surface area contributed by atoms with Crippen molar-refractivity contribution in [2.75, 3.05) is 7.11 Å². The van der Waals surface area contributed by atoms with Crippen molar-refractivity contribution in [3.8, 4) is 17.9 Å². The van der Waals surface area contributed by atoms with Gasteiger partial charge in [0.05, 0.1) is 30.4 Å². The molecule has 3 aromatic rings. The predicted octanol–water partition coefficient (Wildman–Crippen LogP) is 4.11. The summed E-state index contributed by atoms with van der Waals surface area (Å²) in [6.45, 7) is 0. The number of rotatable bonds is 3. The summed E-state index contributed by atoms with van der Waals surface area (Å²) >= 11 is 0. The molecule has 0 spiro atoms. The Balaban J connectivity index is 2.12. The van der Waals surface area contributed by atoms with Crippen molar-refractivity contribution in [1.82, 2.24) is 4.98 Å². The van der Waals surface area contributed by atoms with Gasteiger partial charge in [-0.1, -0.05) is 6.07 Å². The Bertz CT molecular complexity index is 984. The highest BCUT2D eigenvalue weighted by molar-refractivity contribution is 5.94. The second-order valence-corrected chi connectivity index (χ2v) is 5.02. The average Bonchev–Trinajstić information content (AvgIpc) is 3.07. The lowest BCUT2D eigenvalue weighted by molar-refractivity contribution is 0.414. The number of benzene rings is 2. The Morgan fingerprint density at radius 1 is 1.13 bits per heavy atom. The van der Waals surface area contributed by atoms with Crippen molar-refractivity contribution in [2.24, 2.45) is 0 Å². The first-order valence-corrected chi connectivity index (χ1v) is 7.02. The molecule has 2 aromatic carbocycles. The molecule has 0 bridgehead atoms. The largest absolute Gasteiger partial charge is 0.496 e. The number of hydrogen-bond acceptors (Lipinski definition) is 3. The van der Waals surface area contributed by atoms with Crippen LogP contribution in [0.4, 0.5) is 0 Å². The van der Waals surface area contributed by atoms with Gasteiger partial charge in [0.25, 0.3) is 0 Å². The highest BCUT2D eigenvalue weighted by atomic mass is 16.5. The van der Waals surface area contributed by atoms with E-state index < -0.39 is 0 Å². The number of hydrogen-bond donors (Lipinski definition) is 1. The summed E-state index contributed by atoms with van der Waals surface area (Å²) < 4.78 is 5.32. The summed E-state index contributed by atoms with van der Waals surface area (Å²) in [6, 6.07) is 17.2. The van der Waals surface area contributed by atoms with Gasteiger partial charge in [0, 0.05) is 17.3 Å². The molecule has 0 saturated carbocycles. The van der Waals surface area contributed by atoms with Gasteiger partial charge in [-0.2, -0.15) is 10.5 Å². The summed E-state index contributed by atoms with van der Waals surface area (Å²) in [4.78, 5) is 3.13. The number of nitrogens with zero attached hydrogens (tertiary/aromatic N) is 2. The topological polar surface area (TPSA) is 72.6 Å². The molecule has 1 N–H and O–H groups in total. The number of nitrogens with one attached hydrogen (secondary N) is 1. The Kier molecular flexibility index (Phi) is 3.82. The van der Waals surface area contributed by atoms with E-state index in [0.29, 0.717) is 22.4 Å². The van der Waals surface area contributed by atoms with Crippen LogP contribution in [0.25, 0.3) is 22.6 Å². The van der Waals surface area contributed by atoms with Crippen molar-refractivity contribution in [2.45, 2.75) is 0 Å². The molecule has 0 unspecified atom stereocenters. The number of aromatic amines is 1. The molecule has 0 aliphatic carbocycles. The highest BCUT2D eigenvalue weighted by Gasteiger charge is 2.07. The number of aromatic nitrogens is 1. The van der Waals surface area contributed by atoms with Gasteiger partial charge >= 0.3 is 0 Å². The Morgan fingerprint density at radius 3 is 2.74 bits per heavy atom. The zero-order valence-corrected chi connectivity index (χ0v) is 12.5. The number of methoxy groups -OCH3 is 1. The maximum atomic E-state index is 9.52. The van der Waals surface area contributed by atoms with Gasteiger partial charge in [0.1, 0.15) is 5.75 Å². The summed E-state index contributed by atoms with van der Waals surface area (Å²) in [7, 11) is 1.57. The highest BCUT2D eigenvalue weighted by Crippen LogP contribution is 2.27. The van der Waals surface area contributed by atoms with Crippen LogP contribution in [0, 0.1) is 22.7 Å². The summed E-state index contributed by atoms with van der Waals surface area (Å²) in [6.07, 6.45) is 3.61. The zero-order valence-electron chi connectivity index (χ0n) is 12.5. The van der Waals surface area contributed by atoms with Gasteiger partial charge in [-0.25, -0.2) is 0 Å². The molecule has 1 heterocycles. The minimum atomic E-state index is 0.515. The molecule has 0 fully saturated rings. The van der Waals surface area contributed by atoms with Crippen LogP contribution in [0.15, 0.2) is 48.7 Å². The van der Waals surface area contributed by atoms with Crippen molar-refractivity contribution in [3.63, 3.8) is 0 Å². The van der Waals surface area contributed by atoms with E-state index >= 15 is 0 Å². The number of nitriles is 2. The van der Waals surface area contributed by atoms with Crippen LogP contribution >= 0.6 is 0 Å². The fraction of sp³-hybridized carbons (Fsp3) is 0.0526. The van der Waals surface area contributed by atoms with Gasteiger partial charge in [-0.15, -0.1) is 0 Å². The Hall–Kier alpha value is -3.50. The van der Waals surface area contributed by atoms with Crippen LogP contribution < -0.4 is 4.74 Å². The van der Waals surface area contributed by atoms with Crippen LogP contribution in [0.5, 0.6) is 5.75 Å². The zero-order chi connectivity index (χ0) is 16.2. The van der Waals surface area contributed by atoms with Gasteiger partial charge in [0.15, 0.2) is 0 Å². The van der Waals surface area contributed by atoms with Gasteiger partial charge in [-0.3, -0.25) is 0 Å². The van der Waals surface area contributed by atoms with E-state index in [4.69, 9.17) is 10.00 Å². The van der Waals surface area contributed by atoms with Gasteiger partial charge in [0.2, 0.25) is 0 Å². The molecule has 23 heavy (non-hydrogen) atoms. The van der Waals surface area contributed by atoms with Gasteiger partial charge in [-0.05, 0) is 53.4 Å². The maximum absolute atomic E-state index is 9.52. The van der Waals surface area contributed by atoms with Crippen LogP contribution in [0.1, 0.15) is 16.7 Å². The minimum Gasteiger partial charge on any atom is -0.496 e. The molecular formula is C19H13N3O. The molecule has 110 valence electrons. The SMILES string of the molecule is COc1ccc(C#N)cc1/C=C(\C#N)c1ccc2[nH]ccc2c1. The molecule has 4 heteroatoms. The third-order valence-electron chi connectivity index (χ3n) is 3.64. The smallest absolute Gasteiger partial charge is 0.126 e. The monoisotopic (exact) mass is 299 g/mol. The van der Waals surface area contributed by atoms with E-state index in [-0.39, 0.29) is 0 Å². The summed E-state index contributed by atoms with van der Waals surface area (Å²) in [5.74, 6) is 0.625. The maximum Gasteiger partial charge on any atom is 0.126 e. The lowest BCUT2D eigenvalue weighted by Gasteiger charge is -2.06. The molecule has 0 radical (unpaired) electrons. The number of fused-ring (bicyclic) bond motifs is 1. The lowest BCUT2D eigenvalue weighted by atomic mass is 10.0. The second kappa shape index (κ2) is 6.09. The molecule has 0 atom stereocenters. The molecule has 0 amide bonds. The fourth-order valence-corrected chi connectivity index (χ4v) is 2.47. The average molecular weight is 299 g/mol. The molecule has 4 nitrogen and oxygen atoms in total. The Labute approximate surface area is 133 Å². The molecular weight excluding hydrogens is 286 g/mol. The molecule has 0 saturated heterocycles. The van der Waals surface area contributed by atoms with Gasteiger partial charge < -0.3 is 9.72 Å². The van der Waals surface area contributed by atoms with Crippen molar-refractivity contribution < 1.29 is 4.74 Å². The first kappa shape index (κ1) is 14.4. The lowest BCUT2D eigenvalue weighted by Crippen LogP contribution is -1.89. The van der Waals surface area contributed by atoms with Crippen LogP contribution in [-0.4, -0.2) is 12.1 Å². The van der Waals surface area contributed by atoms with E-state index in [2.05, 4.69) is 17.1 Å². The van der Waals surface area contributed by atoms with Crippen LogP contribution in [0.2, 0.25) is 0 Å². The first-order chi connectivity index (χ1) is 11.2. The van der Waals surface area contributed by atoms with E-state index in [1.807, 2.05) is 30.5 Å². The second-order valence-electron chi connectivity index (χ2n) is 5.02. The minimum absolute atomic E-state index is 0.515. The van der Waals surface area contributed by atoms with Crippen molar-refractivity contribution in [1.29, 1.82) is 10.5 Å². The van der Waals surface area contributed by atoms with E-state index in [9.17, 15) is 5.26 Å². The summed E-state index contributed by atoms with van der Waals surface area (Å²) in [5.41, 5.74) is 3.59. The van der Waals surface area contributed by atoms with E-state index in [1.165, 1.54) is 0 Å². The fourth-order valence-electron chi connectivity index (χ4n) is 2.47. The van der Waals surface area contributed by atoms with Crippen molar-refractivity contribution >= 4 is 22.6 Å². The first-order valence-electron chi connectivity index (χ1n) is 7.02. The predicted molar refractivity (Wildman–Crippen MR) is 89.5 cm³/mol. The number of allylic oxidation sites excluding steroid dienone is 1. The normalized spacial score (nSPS) is 11.0. The molecule has 0 aliphatic heterocycles. The third kappa shape index (κ3) is 2.79. The van der Waals surface area contributed by atoms with E-state index in [1.54, 1.807) is 31.4 Å².